The molecule has 178 valence electrons. The van der Waals surface area contributed by atoms with E-state index in [0.717, 1.165) is 11.1 Å². The van der Waals surface area contributed by atoms with Gasteiger partial charge < -0.3 is 9.72 Å². The first-order chi connectivity index (χ1) is 16.8. The molecule has 0 bridgehead atoms. The Balaban J connectivity index is 1.47. The van der Waals surface area contributed by atoms with Gasteiger partial charge in [0.1, 0.15) is 0 Å². The molecule has 11 heteroatoms. The van der Waals surface area contributed by atoms with Crippen LogP contribution in [0.5, 0.6) is 0 Å². The summed E-state index contributed by atoms with van der Waals surface area (Å²) in [5.41, 5.74) is 3.00. The molecular formula is C24H20N4O6S. The van der Waals surface area contributed by atoms with E-state index in [-0.39, 0.29) is 29.3 Å². The Kier molecular flexibility index (Phi) is 5.48. The number of amides is 1. The van der Waals surface area contributed by atoms with Gasteiger partial charge in [0, 0.05) is 18.2 Å². The lowest BCUT2D eigenvalue weighted by Gasteiger charge is -2.10. The zero-order chi connectivity index (χ0) is 24.7. The molecule has 35 heavy (non-hydrogen) atoms. The van der Waals surface area contributed by atoms with Crippen LogP contribution in [0.3, 0.4) is 0 Å². The monoisotopic (exact) mass is 492 g/mol. The molecule has 1 aliphatic carbocycles. The first-order valence-corrected chi connectivity index (χ1v) is 12.3. The van der Waals surface area contributed by atoms with Crippen molar-refractivity contribution in [2.45, 2.75) is 24.7 Å². The van der Waals surface area contributed by atoms with E-state index in [1.54, 1.807) is 41.7 Å². The average molecular weight is 493 g/mol. The Hall–Kier alpha value is -4.25. The van der Waals surface area contributed by atoms with E-state index < -0.39 is 27.5 Å². The number of hydrogen-bond acceptors (Lipinski definition) is 7. The van der Waals surface area contributed by atoms with E-state index in [9.17, 15) is 22.8 Å². The minimum Gasteiger partial charge on any atom is -0.461 e. The highest BCUT2D eigenvalue weighted by Gasteiger charge is 2.28. The summed E-state index contributed by atoms with van der Waals surface area (Å²) in [6.07, 6.45) is 1.65. The molecule has 1 amide bonds. The number of aromatic nitrogens is 3. The Morgan fingerprint density at radius 2 is 1.91 bits per heavy atom. The number of hydrogen-bond donors (Lipinski definition) is 2. The number of aromatic amines is 1. The van der Waals surface area contributed by atoms with Crippen molar-refractivity contribution in [2.75, 3.05) is 6.61 Å². The zero-order valence-corrected chi connectivity index (χ0v) is 19.4. The van der Waals surface area contributed by atoms with Crippen molar-refractivity contribution in [1.82, 2.24) is 19.1 Å². The standard InChI is InChI=1S/C24H20N4O6S/c1-2-34-24(31)18-13-28-19-12-17-14(7-6-10-16(17)21(19)26-23(30)22(28)25-18)11-20(29)27-35(32,33)15-8-4-3-5-9-15/h3-10,13H,2,11-12H2,1H3,(H,26,30)(H,27,29). The van der Waals surface area contributed by atoms with Gasteiger partial charge in [-0.1, -0.05) is 36.4 Å². The smallest absolute Gasteiger partial charge is 0.358 e. The maximum atomic E-state index is 12.7. The number of fused-ring (bicyclic) bond motifs is 5. The number of rotatable bonds is 6. The fraction of sp³-hybridized carbons (Fsp3) is 0.167. The van der Waals surface area contributed by atoms with E-state index in [2.05, 4.69) is 14.7 Å². The molecule has 2 N–H and O–H groups in total. The molecule has 0 unspecified atom stereocenters. The number of carbonyl (C=O) groups is 2. The van der Waals surface area contributed by atoms with Crippen molar-refractivity contribution in [3.05, 3.63) is 87.6 Å². The second-order valence-electron chi connectivity index (χ2n) is 7.95. The minimum absolute atomic E-state index is 0.00322. The fourth-order valence-electron chi connectivity index (χ4n) is 4.24. The molecule has 0 fully saturated rings. The molecular weight excluding hydrogens is 472 g/mol. The van der Waals surface area contributed by atoms with Gasteiger partial charge in [0.05, 0.1) is 29.3 Å². The summed E-state index contributed by atoms with van der Waals surface area (Å²) in [5, 5.41) is 0. The highest BCUT2D eigenvalue weighted by molar-refractivity contribution is 7.90. The molecule has 2 heterocycles. The number of nitrogens with zero attached hydrogens (tertiary/aromatic N) is 2. The number of imidazole rings is 1. The Morgan fingerprint density at radius 3 is 2.66 bits per heavy atom. The highest BCUT2D eigenvalue weighted by atomic mass is 32.2. The molecule has 0 saturated carbocycles. The molecule has 0 aliphatic heterocycles. The van der Waals surface area contributed by atoms with Crippen LogP contribution in [0.4, 0.5) is 0 Å². The molecule has 1 aliphatic rings. The summed E-state index contributed by atoms with van der Waals surface area (Å²) in [5.74, 6) is -1.30. The van der Waals surface area contributed by atoms with Crippen LogP contribution in [0.25, 0.3) is 16.9 Å². The first-order valence-electron chi connectivity index (χ1n) is 10.8. The summed E-state index contributed by atoms with van der Waals surface area (Å²) >= 11 is 0. The molecule has 0 atom stereocenters. The molecule has 5 rings (SSSR count). The Labute approximate surface area is 199 Å². The summed E-state index contributed by atoms with van der Waals surface area (Å²) in [7, 11) is -4.00. The Morgan fingerprint density at radius 1 is 1.14 bits per heavy atom. The maximum absolute atomic E-state index is 12.7. The van der Waals surface area contributed by atoms with Gasteiger partial charge in [-0.25, -0.2) is 22.9 Å². The van der Waals surface area contributed by atoms with Gasteiger partial charge in [0.15, 0.2) is 5.69 Å². The van der Waals surface area contributed by atoms with Crippen LogP contribution in [0.1, 0.15) is 34.2 Å². The van der Waals surface area contributed by atoms with Crippen LogP contribution in [0.15, 0.2) is 64.4 Å². The van der Waals surface area contributed by atoms with E-state index >= 15 is 0 Å². The second kappa shape index (κ2) is 8.51. The maximum Gasteiger partial charge on any atom is 0.358 e. The van der Waals surface area contributed by atoms with Gasteiger partial charge in [-0.2, -0.15) is 0 Å². The van der Waals surface area contributed by atoms with E-state index in [4.69, 9.17) is 4.74 Å². The van der Waals surface area contributed by atoms with Gasteiger partial charge in [0.25, 0.3) is 15.6 Å². The Bertz CT molecular complexity index is 1650. The first kappa shape index (κ1) is 22.5. The molecule has 0 radical (unpaired) electrons. The third kappa shape index (κ3) is 3.99. The van der Waals surface area contributed by atoms with Gasteiger partial charge in [0.2, 0.25) is 11.6 Å². The number of carbonyl (C=O) groups excluding carboxylic acids is 2. The molecule has 0 saturated heterocycles. The second-order valence-corrected chi connectivity index (χ2v) is 9.64. The number of esters is 1. The van der Waals surface area contributed by atoms with Gasteiger partial charge >= 0.3 is 5.97 Å². The van der Waals surface area contributed by atoms with Crippen molar-refractivity contribution in [3.8, 4) is 11.3 Å². The summed E-state index contributed by atoms with van der Waals surface area (Å²) in [4.78, 5) is 44.4. The van der Waals surface area contributed by atoms with E-state index in [1.165, 1.54) is 18.3 Å². The van der Waals surface area contributed by atoms with Crippen molar-refractivity contribution >= 4 is 27.5 Å². The fourth-order valence-corrected chi connectivity index (χ4v) is 5.24. The molecule has 4 aromatic rings. The normalized spacial score (nSPS) is 12.3. The lowest BCUT2D eigenvalue weighted by molar-refractivity contribution is -0.118. The quantitative estimate of drug-likeness (QED) is 0.345. The topological polar surface area (TPSA) is 140 Å². The van der Waals surface area contributed by atoms with Gasteiger partial charge in [-0.3, -0.25) is 14.0 Å². The van der Waals surface area contributed by atoms with Crippen molar-refractivity contribution in [2.24, 2.45) is 0 Å². The van der Waals surface area contributed by atoms with Crippen LogP contribution in [0.2, 0.25) is 0 Å². The third-order valence-electron chi connectivity index (χ3n) is 5.75. The van der Waals surface area contributed by atoms with E-state index in [1.807, 2.05) is 6.07 Å². The van der Waals surface area contributed by atoms with Crippen LogP contribution >= 0.6 is 0 Å². The molecule has 0 spiro atoms. The SMILES string of the molecule is CCOC(=O)c1cn2c3c([nH]c(=O)c2n1)-c1cccc(CC(=O)NS(=O)(=O)c2ccccc2)c1C3. The summed E-state index contributed by atoms with van der Waals surface area (Å²) < 4.78 is 33.7. The predicted octanol–water partition coefficient (Wildman–Crippen LogP) is 1.82. The van der Waals surface area contributed by atoms with Crippen LogP contribution in [-0.2, 0) is 32.4 Å². The zero-order valence-electron chi connectivity index (χ0n) is 18.6. The third-order valence-corrected chi connectivity index (χ3v) is 7.14. The minimum atomic E-state index is -4.00. The molecule has 2 aromatic heterocycles. The van der Waals surface area contributed by atoms with E-state index in [0.29, 0.717) is 23.4 Å². The number of H-pyrrole nitrogens is 1. The largest absolute Gasteiger partial charge is 0.461 e. The lowest BCUT2D eigenvalue weighted by atomic mass is 10.00. The predicted molar refractivity (Wildman–Crippen MR) is 125 cm³/mol. The van der Waals surface area contributed by atoms with Crippen molar-refractivity contribution in [1.29, 1.82) is 0 Å². The van der Waals surface area contributed by atoms with Crippen LogP contribution in [0, 0.1) is 0 Å². The number of sulfonamides is 1. The summed E-state index contributed by atoms with van der Waals surface area (Å²) in [6, 6.07) is 12.9. The molecule has 2 aromatic carbocycles. The van der Waals surface area contributed by atoms with Crippen molar-refractivity contribution < 1.29 is 22.7 Å². The molecule has 10 nitrogen and oxygen atoms in total. The number of nitrogens with one attached hydrogen (secondary N) is 2. The summed E-state index contributed by atoms with van der Waals surface area (Å²) in [6.45, 7) is 1.86. The number of benzene rings is 2. The lowest BCUT2D eigenvalue weighted by Crippen LogP contribution is -2.32. The van der Waals surface area contributed by atoms with Crippen LogP contribution < -0.4 is 10.3 Å². The van der Waals surface area contributed by atoms with Gasteiger partial charge in [-0.05, 0) is 30.2 Å². The van der Waals surface area contributed by atoms with Crippen LogP contribution in [-0.4, -0.2) is 41.3 Å². The van der Waals surface area contributed by atoms with Gasteiger partial charge in [-0.15, -0.1) is 0 Å². The average Bonchev–Trinajstić information content (AvgIpc) is 3.43. The van der Waals surface area contributed by atoms with Crippen molar-refractivity contribution in [3.63, 3.8) is 0 Å². The highest BCUT2D eigenvalue weighted by Crippen LogP contribution is 2.36. The number of ether oxygens (including phenoxy) is 1.